The first-order chi connectivity index (χ1) is 9.34. The Bertz CT molecular complexity index is 591. The molecule has 20 heavy (non-hydrogen) atoms. The Hall–Kier alpha value is -0.690. The summed E-state index contributed by atoms with van der Waals surface area (Å²) in [6, 6.07) is 2.77. The lowest BCUT2D eigenvalue weighted by Crippen LogP contribution is -2.48. The minimum absolute atomic E-state index is 0.0127. The van der Waals surface area contributed by atoms with Crippen LogP contribution in [0.15, 0.2) is 23.1 Å². The molecule has 0 radical (unpaired) electrons. The maximum atomic E-state index is 13.3. The Morgan fingerprint density at radius 2 is 2.15 bits per heavy atom. The van der Waals surface area contributed by atoms with E-state index in [-0.39, 0.29) is 9.92 Å². The molecule has 7 heteroatoms. The molecule has 0 saturated carbocycles. The van der Waals surface area contributed by atoms with Crippen molar-refractivity contribution in [3.05, 3.63) is 29.0 Å². The fourth-order valence-corrected chi connectivity index (χ4v) is 4.76. The van der Waals surface area contributed by atoms with E-state index >= 15 is 0 Å². The van der Waals surface area contributed by atoms with Crippen molar-refractivity contribution in [1.82, 2.24) is 4.31 Å². The van der Waals surface area contributed by atoms with Crippen molar-refractivity contribution in [2.45, 2.75) is 43.2 Å². The van der Waals surface area contributed by atoms with Crippen LogP contribution in [0.25, 0.3) is 0 Å². The number of halogens is 2. The number of benzene rings is 1. The molecule has 4 nitrogen and oxygen atoms in total. The second kappa shape index (κ2) is 5.97. The fourth-order valence-electron chi connectivity index (χ4n) is 2.51. The number of aliphatic hydroxyl groups excluding tert-OH is 1. The molecule has 0 spiro atoms. The van der Waals surface area contributed by atoms with Gasteiger partial charge in [-0.2, -0.15) is 4.31 Å². The van der Waals surface area contributed by atoms with Gasteiger partial charge in [-0.15, -0.1) is 0 Å². The number of rotatable bonds is 3. The second-order valence-corrected chi connectivity index (χ2v) is 7.26. The Morgan fingerprint density at radius 3 is 2.80 bits per heavy atom. The smallest absolute Gasteiger partial charge is 0.245 e. The van der Waals surface area contributed by atoms with E-state index in [2.05, 4.69) is 0 Å². The molecule has 1 N–H and O–H groups in total. The fraction of sp³-hybridized carbons (Fsp3) is 0.538. The SMILES string of the molecule is C[C@@H](O)[C@H]1CCCCN1S(=O)(=O)c1cc(F)ccc1Cl. The molecule has 1 aliphatic heterocycles. The molecule has 1 heterocycles. The van der Waals surface area contributed by atoms with Gasteiger partial charge in [0.2, 0.25) is 10.0 Å². The lowest BCUT2D eigenvalue weighted by molar-refractivity contribution is 0.0831. The van der Waals surface area contributed by atoms with Crippen LogP contribution in [0.4, 0.5) is 4.39 Å². The van der Waals surface area contributed by atoms with Gasteiger partial charge in [0.05, 0.1) is 17.2 Å². The lowest BCUT2D eigenvalue weighted by Gasteiger charge is -2.36. The van der Waals surface area contributed by atoms with Gasteiger partial charge in [-0.25, -0.2) is 12.8 Å². The first kappa shape index (κ1) is 15.7. The Balaban J connectivity index is 2.45. The van der Waals surface area contributed by atoms with Gasteiger partial charge in [0.25, 0.3) is 0 Å². The maximum Gasteiger partial charge on any atom is 0.245 e. The minimum Gasteiger partial charge on any atom is -0.392 e. The Labute approximate surface area is 123 Å². The van der Waals surface area contributed by atoms with Gasteiger partial charge in [-0.1, -0.05) is 18.0 Å². The molecular weight excluding hydrogens is 305 g/mol. The van der Waals surface area contributed by atoms with Crippen LogP contribution < -0.4 is 0 Å². The quantitative estimate of drug-likeness (QED) is 0.930. The summed E-state index contributed by atoms with van der Waals surface area (Å²) in [5.74, 6) is -0.654. The highest BCUT2D eigenvalue weighted by atomic mass is 35.5. The van der Waals surface area contributed by atoms with Crippen LogP contribution in [-0.4, -0.2) is 36.5 Å². The van der Waals surface area contributed by atoms with Gasteiger partial charge in [-0.3, -0.25) is 0 Å². The Kier molecular flexibility index (Phi) is 4.69. The van der Waals surface area contributed by atoms with Gasteiger partial charge in [0, 0.05) is 6.54 Å². The highest BCUT2D eigenvalue weighted by molar-refractivity contribution is 7.89. The summed E-state index contributed by atoms with van der Waals surface area (Å²) in [5, 5.41) is 9.76. The molecule has 112 valence electrons. The van der Waals surface area contributed by atoms with Crippen LogP contribution in [0.1, 0.15) is 26.2 Å². The van der Waals surface area contributed by atoms with Crippen LogP contribution in [0.2, 0.25) is 5.02 Å². The van der Waals surface area contributed by atoms with Crippen molar-refractivity contribution >= 4 is 21.6 Å². The topological polar surface area (TPSA) is 57.6 Å². The van der Waals surface area contributed by atoms with E-state index < -0.39 is 28.0 Å². The van der Waals surface area contributed by atoms with E-state index in [4.69, 9.17) is 11.6 Å². The van der Waals surface area contributed by atoms with Crippen LogP contribution in [-0.2, 0) is 10.0 Å². The molecule has 2 atom stereocenters. The van der Waals surface area contributed by atoms with Gasteiger partial charge < -0.3 is 5.11 Å². The zero-order chi connectivity index (χ0) is 14.9. The van der Waals surface area contributed by atoms with Crippen LogP contribution in [0, 0.1) is 5.82 Å². The molecule has 2 rings (SSSR count). The summed E-state index contributed by atoms with van der Waals surface area (Å²) in [6.45, 7) is 1.87. The summed E-state index contributed by atoms with van der Waals surface area (Å²) in [5.41, 5.74) is 0. The zero-order valence-electron chi connectivity index (χ0n) is 11.1. The highest BCUT2D eigenvalue weighted by Crippen LogP contribution is 2.31. The van der Waals surface area contributed by atoms with Gasteiger partial charge >= 0.3 is 0 Å². The van der Waals surface area contributed by atoms with Crippen molar-refractivity contribution in [3.63, 3.8) is 0 Å². The van der Waals surface area contributed by atoms with E-state index in [0.29, 0.717) is 13.0 Å². The summed E-state index contributed by atoms with van der Waals surface area (Å²) in [7, 11) is -3.91. The number of hydrogen-bond donors (Lipinski definition) is 1. The van der Waals surface area contributed by atoms with Crippen LogP contribution in [0.3, 0.4) is 0 Å². The standard InChI is InChI=1S/C13H17ClFNO3S/c1-9(17)12-4-2-3-7-16(12)20(18,19)13-8-10(15)5-6-11(13)14/h5-6,8-9,12,17H,2-4,7H2,1H3/t9-,12-/m1/s1. The maximum absolute atomic E-state index is 13.3. The van der Waals surface area contributed by atoms with Crippen molar-refractivity contribution < 1.29 is 17.9 Å². The van der Waals surface area contributed by atoms with Gasteiger partial charge in [0.1, 0.15) is 10.7 Å². The van der Waals surface area contributed by atoms with Crippen molar-refractivity contribution in [1.29, 1.82) is 0 Å². The molecule has 1 saturated heterocycles. The van der Waals surface area contributed by atoms with Crippen molar-refractivity contribution in [2.75, 3.05) is 6.54 Å². The minimum atomic E-state index is -3.91. The van der Waals surface area contributed by atoms with Crippen molar-refractivity contribution in [3.8, 4) is 0 Å². The summed E-state index contributed by atoms with van der Waals surface area (Å²) < 4.78 is 39.8. The third-order valence-electron chi connectivity index (χ3n) is 3.54. The number of aliphatic hydroxyl groups is 1. The highest BCUT2D eigenvalue weighted by Gasteiger charge is 2.36. The third-order valence-corrected chi connectivity index (χ3v) is 5.94. The molecule has 1 aliphatic rings. The molecule has 0 unspecified atom stereocenters. The Morgan fingerprint density at radius 1 is 1.45 bits per heavy atom. The lowest BCUT2D eigenvalue weighted by atomic mass is 10.0. The summed E-state index contributed by atoms with van der Waals surface area (Å²) in [4.78, 5) is -0.244. The number of sulfonamides is 1. The molecule has 1 fully saturated rings. The average Bonchev–Trinajstić information content (AvgIpc) is 2.41. The molecule has 0 bridgehead atoms. The molecular formula is C13H17ClFNO3S. The van der Waals surface area contributed by atoms with E-state index in [1.807, 2.05) is 0 Å². The summed E-state index contributed by atoms with van der Waals surface area (Å²) in [6.07, 6.45) is 1.38. The van der Waals surface area contributed by atoms with Gasteiger partial charge in [-0.05, 0) is 38.0 Å². The second-order valence-electron chi connectivity index (χ2n) is 4.99. The molecule has 1 aromatic carbocycles. The van der Waals surface area contributed by atoms with Crippen molar-refractivity contribution in [2.24, 2.45) is 0 Å². The molecule has 0 aliphatic carbocycles. The monoisotopic (exact) mass is 321 g/mol. The predicted molar refractivity (Wildman–Crippen MR) is 74.6 cm³/mol. The van der Waals surface area contributed by atoms with E-state index in [1.54, 1.807) is 6.92 Å². The average molecular weight is 322 g/mol. The number of nitrogens with zero attached hydrogens (tertiary/aromatic N) is 1. The number of piperidine rings is 1. The number of hydrogen-bond acceptors (Lipinski definition) is 3. The molecule has 0 amide bonds. The zero-order valence-corrected chi connectivity index (χ0v) is 12.7. The normalized spacial score (nSPS) is 22.7. The third kappa shape index (κ3) is 2.98. The summed E-state index contributed by atoms with van der Waals surface area (Å²) >= 11 is 5.89. The molecule has 1 aromatic rings. The first-order valence-corrected chi connectivity index (χ1v) is 8.31. The van der Waals surface area contributed by atoms with Gasteiger partial charge in [0.15, 0.2) is 0 Å². The van der Waals surface area contributed by atoms with E-state index in [0.717, 1.165) is 25.0 Å². The largest absolute Gasteiger partial charge is 0.392 e. The molecule has 0 aromatic heterocycles. The van der Waals surface area contributed by atoms with Crippen LogP contribution in [0.5, 0.6) is 0 Å². The van der Waals surface area contributed by atoms with Crippen LogP contribution >= 0.6 is 11.6 Å². The van der Waals surface area contributed by atoms with E-state index in [9.17, 15) is 17.9 Å². The first-order valence-electron chi connectivity index (χ1n) is 6.49. The predicted octanol–water partition coefficient (Wildman–Crippen LogP) is 2.40. The van der Waals surface area contributed by atoms with E-state index in [1.165, 1.54) is 10.4 Å².